The number of piperidine rings is 1. The molecular formula is C24H29N5O4. The number of nitrogens with zero attached hydrogens (tertiary/aromatic N) is 4. The van der Waals surface area contributed by atoms with Gasteiger partial charge in [-0.1, -0.05) is 0 Å². The molecule has 0 aromatic carbocycles. The molecule has 1 saturated heterocycles. The number of ether oxygens (including phenoxy) is 2. The Bertz CT molecular complexity index is 1200. The van der Waals surface area contributed by atoms with Crippen LogP contribution in [0.3, 0.4) is 0 Å². The van der Waals surface area contributed by atoms with Crippen LogP contribution in [0.4, 0.5) is 0 Å². The number of β-amino-alcohol motifs (C(OH)–C–C–N with tert-alkyl or cyclic N) is 1. The average Bonchev–Trinajstić information content (AvgIpc) is 2.82. The van der Waals surface area contributed by atoms with Crippen LogP contribution < -0.4 is 20.3 Å². The number of aryl methyl sites for hydroxylation is 1. The molecule has 3 aromatic rings. The molecular weight excluding hydrogens is 422 g/mol. The van der Waals surface area contributed by atoms with Gasteiger partial charge in [0.15, 0.2) is 11.5 Å². The number of nitrogens with one attached hydrogen (secondary N) is 1. The summed E-state index contributed by atoms with van der Waals surface area (Å²) < 4.78 is 12.9. The largest absolute Gasteiger partial charge is 0.486 e. The van der Waals surface area contributed by atoms with Crippen LogP contribution in [0, 0.1) is 6.92 Å². The fourth-order valence-electron chi connectivity index (χ4n) is 4.50. The smallest absolute Gasteiger partial charge is 0.251 e. The van der Waals surface area contributed by atoms with E-state index in [0.29, 0.717) is 45.1 Å². The molecule has 5 rings (SSSR count). The van der Waals surface area contributed by atoms with Gasteiger partial charge in [-0.05, 0) is 37.6 Å². The molecule has 33 heavy (non-hydrogen) atoms. The standard InChI is InChI=1S/C24H29N5O4/c1-16-10-20-18(26-12-16)2-3-24(31)29(20)7-6-28-5-4-19(21(30)15-28)27-13-17-11-22-23(14-25-17)33-9-8-32-22/h2-3,10-12,14,19,21,27,30H,4-9,13,15H2,1H3/t19-,21+/m0/s1. The fraction of sp³-hybridized carbons (Fsp3) is 0.458. The zero-order chi connectivity index (χ0) is 22.8. The number of aliphatic hydroxyl groups excluding tert-OH is 1. The molecule has 5 heterocycles. The maximum Gasteiger partial charge on any atom is 0.251 e. The van der Waals surface area contributed by atoms with Crippen molar-refractivity contribution in [2.45, 2.75) is 38.6 Å². The predicted octanol–water partition coefficient (Wildman–Crippen LogP) is 1.10. The van der Waals surface area contributed by atoms with Gasteiger partial charge in [-0.2, -0.15) is 0 Å². The van der Waals surface area contributed by atoms with E-state index in [-0.39, 0.29) is 11.6 Å². The van der Waals surface area contributed by atoms with Gasteiger partial charge in [-0.15, -0.1) is 0 Å². The molecule has 9 nitrogen and oxygen atoms in total. The van der Waals surface area contributed by atoms with Crippen molar-refractivity contribution in [1.82, 2.24) is 24.8 Å². The third-order valence-electron chi connectivity index (χ3n) is 6.31. The minimum Gasteiger partial charge on any atom is -0.486 e. The highest BCUT2D eigenvalue weighted by Crippen LogP contribution is 2.29. The van der Waals surface area contributed by atoms with Crippen LogP contribution >= 0.6 is 0 Å². The summed E-state index contributed by atoms with van der Waals surface area (Å²) in [6, 6.07) is 7.22. The van der Waals surface area contributed by atoms with E-state index in [4.69, 9.17) is 9.47 Å². The van der Waals surface area contributed by atoms with Gasteiger partial charge in [0.25, 0.3) is 5.56 Å². The van der Waals surface area contributed by atoms with Crippen molar-refractivity contribution in [3.8, 4) is 11.5 Å². The van der Waals surface area contributed by atoms with Gasteiger partial charge < -0.3 is 24.5 Å². The maximum atomic E-state index is 12.5. The average molecular weight is 452 g/mol. The molecule has 1 fully saturated rings. The third-order valence-corrected chi connectivity index (χ3v) is 6.31. The predicted molar refractivity (Wildman–Crippen MR) is 124 cm³/mol. The van der Waals surface area contributed by atoms with Crippen LogP contribution in [0.5, 0.6) is 11.5 Å². The van der Waals surface area contributed by atoms with E-state index in [0.717, 1.165) is 41.0 Å². The minimum atomic E-state index is -0.496. The van der Waals surface area contributed by atoms with Gasteiger partial charge in [-0.25, -0.2) is 0 Å². The Labute approximate surface area is 192 Å². The minimum absolute atomic E-state index is 0.0108. The fourth-order valence-corrected chi connectivity index (χ4v) is 4.50. The van der Waals surface area contributed by atoms with Crippen molar-refractivity contribution in [3.05, 3.63) is 58.3 Å². The Morgan fingerprint density at radius 3 is 2.82 bits per heavy atom. The number of aliphatic hydroxyl groups is 1. The van der Waals surface area contributed by atoms with Crippen molar-refractivity contribution in [2.24, 2.45) is 0 Å². The summed E-state index contributed by atoms with van der Waals surface area (Å²) in [5, 5.41) is 14.2. The van der Waals surface area contributed by atoms with E-state index in [1.165, 1.54) is 0 Å². The van der Waals surface area contributed by atoms with Crippen LogP contribution in [0.25, 0.3) is 11.0 Å². The second-order valence-corrected chi connectivity index (χ2v) is 8.70. The van der Waals surface area contributed by atoms with Crippen molar-refractivity contribution in [1.29, 1.82) is 0 Å². The number of hydrogen-bond donors (Lipinski definition) is 2. The SMILES string of the molecule is Cc1cnc2ccc(=O)n(CCN3CC[C@H](NCc4cc5c(cn4)OCCO5)[C@H](O)C3)c2c1. The number of hydrogen-bond acceptors (Lipinski definition) is 8. The molecule has 0 spiro atoms. The second-order valence-electron chi connectivity index (χ2n) is 8.70. The van der Waals surface area contributed by atoms with E-state index in [1.807, 2.05) is 25.3 Å². The number of pyridine rings is 3. The highest BCUT2D eigenvalue weighted by molar-refractivity contribution is 5.74. The Balaban J connectivity index is 1.16. The number of rotatable bonds is 6. The lowest BCUT2D eigenvalue weighted by atomic mass is 10.0. The molecule has 0 bridgehead atoms. The van der Waals surface area contributed by atoms with Gasteiger partial charge in [0.1, 0.15) is 13.2 Å². The molecule has 174 valence electrons. The molecule has 2 atom stereocenters. The molecule has 0 unspecified atom stereocenters. The van der Waals surface area contributed by atoms with E-state index >= 15 is 0 Å². The molecule has 3 aromatic heterocycles. The molecule has 9 heteroatoms. The zero-order valence-corrected chi connectivity index (χ0v) is 18.7. The van der Waals surface area contributed by atoms with E-state index in [2.05, 4.69) is 20.2 Å². The lowest BCUT2D eigenvalue weighted by molar-refractivity contribution is 0.0384. The van der Waals surface area contributed by atoms with Crippen LogP contribution in [0.2, 0.25) is 0 Å². The Morgan fingerprint density at radius 1 is 1.12 bits per heavy atom. The first kappa shape index (κ1) is 21.8. The van der Waals surface area contributed by atoms with Crippen LogP contribution in [-0.4, -0.2) is 69.5 Å². The van der Waals surface area contributed by atoms with E-state index in [1.54, 1.807) is 22.9 Å². The summed E-state index contributed by atoms with van der Waals surface area (Å²) >= 11 is 0. The first-order valence-electron chi connectivity index (χ1n) is 11.4. The third kappa shape index (κ3) is 4.85. The summed E-state index contributed by atoms with van der Waals surface area (Å²) in [6.07, 6.45) is 3.82. The number of likely N-dealkylation sites (tertiary alicyclic amines) is 1. The van der Waals surface area contributed by atoms with Gasteiger partial charge in [0.05, 0.1) is 29.0 Å². The van der Waals surface area contributed by atoms with E-state index < -0.39 is 6.10 Å². The topological polar surface area (TPSA) is 102 Å². The summed E-state index contributed by atoms with van der Waals surface area (Å²) in [7, 11) is 0. The van der Waals surface area contributed by atoms with Gasteiger partial charge >= 0.3 is 0 Å². The van der Waals surface area contributed by atoms with Gasteiger partial charge in [-0.3, -0.25) is 19.7 Å². The molecule has 2 N–H and O–H groups in total. The van der Waals surface area contributed by atoms with Crippen molar-refractivity contribution < 1.29 is 14.6 Å². The number of fused-ring (bicyclic) bond motifs is 2. The molecule has 0 radical (unpaired) electrons. The first-order valence-corrected chi connectivity index (χ1v) is 11.4. The van der Waals surface area contributed by atoms with Crippen molar-refractivity contribution >= 4 is 11.0 Å². The monoisotopic (exact) mass is 451 g/mol. The van der Waals surface area contributed by atoms with E-state index in [9.17, 15) is 9.90 Å². The normalized spacial score (nSPS) is 20.8. The van der Waals surface area contributed by atoms with Crippen molar-refractivity contribution in [3.63, 3.8) is 0 Å². The molecule has 0 saturated carbocycles. The Kier molecular flexibility index (Phi) is 6.26. The second kappa shape index (κ2) is 9.46. The summed E-state index contributed by atoms with van der Waals surface area (Å²) in [6.45, 7) is 6.28. The molecule has 2 aliphatic rings. The first-order chi connectivity index (χ1) is 16.1. The molecule has 0 aliphatic carbocycles. The molecule has 0 amide bonds. The lowest BCUT2D eigenvalue weighted by Crippen LogP contribution is -2.53. The molecule has 2 aliphatic heterocycles. The Morgan fingerprint density at radius 2 is 1.97 bits per heavy atom. The number of aromatic nitrogens is 3. The lowest BCUT2D eigenvalue weighted by Gasteiger charge is -2.36. The van der Waals surface area contributed by atoms with Crippen LogP contribution in [-0.2, 0) is 13.1 Å². The summed E-state index contributed by atoms with van der Waals surface area (Å²) in [5.41, 5.74) is 3.52. The van der Waals surface area contributed by atoms with Crippen LogP contribution in [0.1, 0.15) is 17.7 Å². The maximum absolute atomic E-state index is 12.5. The highest BCUT2D eigenvalue weighted by Gasteiger charge is 2.27. The highest BCUT2D eigenvalue weighted by atomic mass is 16.6. The summed E-state index contributed by atoms with van der Waals surface area (Å²) in [4.78, 5) is 23.5. The van der Waals surface area contributed by atoms with Crippen LogP contribution in [0.15, 0.2) is 41.5 Å². The summed E-state index contributed by atoms with van der Waals surface area (Å²) in [5.74, 6) is 1.40. The Hall–Kier alpha value is -3.01. The van der Waals surface area contributed by atoms with Gasteiger partial charge in [0.2, 0.25) is 0 Å². The van der Waals surface area contributed by atoms with Gasteiger partial charge in [0, 0.05) is 50.6 Å². The quantitative estimate of drug-likeness (QED) is 0.575. The van der Waals surface area contributed by atoms with Crippen molar-refractivity contribution in [2.75, 3.05) is 32.8 Å². The zero-order valence-electron chi connectivity index (χ0n) is 18.7.